The maximum Gasteiger partial charge on any atom is 0.00912 e. The molecule has 0 aliphatic heterocycles. The fraction of sp³-hybridized carbons (Fsp3) is 0.867. The highest BCUT2D eigenvalue weighted by Crippen LogP contribution is 2.22. The highest BCUT2D eigenvalue weighted by molar-refractivity contribution is 4.94. The van der Waals surface area contributed by atoms with Gasteiger partial charge in [0.25, 0.3) is 0 Å². The van der Waals surface area contributed by atoms with Crippen molar-refractivity contribution in [1.29, 1.82) is 0 Å². The lowest BCUT2D eigenvalue weighted by atomic mass is 9.87. The van der Waals surface area contributed by atoms with Crippen molar-refractivity contribution < 1.29 is 0 Å². The average molecular weight is 208 g/mol. The monoisotopic (exact) mass is 208 g/mol. The molecule has 0 amide bonds. The molecule has 0 aliphatic carbocycles. The molecule has 15 heavy (non-hydrogen) atoms. The Labute approximate surface area is 96.8 Å². The van der Waals surface area contributed by atoms with Gasteiger partial charge in [-0.15, -0.1) is 11.8 Å². The molecular weight excluding hydrogens is 180 g/mol. The topological polar surface area (TPSA) is 0 Å². The van der Waals surface area contributed by atoms with Gasteiger partial charge in [-0.05, 0) is 31.1 Å². The van der Waals surface area contributed by atoms with Gasteiger partial charge in [0.2, 0.25) is 0 Å². The summed E-state index contributed by atoms with van der Waals surface area (Å²) in [6.07, 6.45) is 6.50. The zero-order valence-corrected chi connectivity index (χ0v) is 11.3. The molecule has 0 aromatic heterocycles. The van der Waals surface area contributed by atoms with Crippen molar-refractivity contribution in [3.8, 4) is 11.8 Å². The van der Waals surface area contributed by atoms with Crippen molar-refractivity contribution in [2.75, 3.05) is 0 Å². The van der Waals surface area contributed by atoms with Gasteiger partial charge in [-0.25, -0.2) is 0 Å². The van der Waals surface area contributed by atoms with Crippen LogP contribution in [0.25, 0.3) is 0 Å². The molecule has 0 heteroatoms. The molecule has 0 rings (SSSR count). The zero-order valence-electron chi connectivity index (χ0n) is 11.3. The maximum absolute atomic E-state index is 3.16. The standard InChI is InChI=1S/C15H28/c1-6-7-8-11-14(4)15(5)12-9-10-13(2)3/h13-15H,8-12H2,1-5H3. The first-order chi connectivity index (χ1) is 7.07. The Hall–Kier alpha value is -0.440. The Kier molecular flexibility index (Phi) is 8.58. The molecule has 88 valence electrons. The van der Waals surface area contributed by atoms with Crippen molar-refractivity contribution in [3.63, 3.8) is 0 Å². The van der Waals surface area contributed by atoms with E-state index in [-0.39, 0.29) is 0 Å². The second kappa shape index (κ2) is 8.84. The van der Waals surface area contributed by atoms with Gasteiger partial charge >= 0.3 is 0 Å². The second-order valence-corrected chi connectivity index (χ2v) is 5.24. The summed E-state index contributed by atoms with van der Waals surface area (Å²) >= 11 is 0. The third-order valence-corrected chi connectivity index (χ3v) is 3.31. The highest BCUT2D eigenvalue weighted by Gasteiger charge is 2.11. The Bertz CT molecular complexity index is 192. The van der Waals surface area contributed by atoms with Crippen LogP contribution >= 0.6 is 0 Å². The van der Waals surface area contributed by atoms with Gasteiger partial charge in [0.15, 0.2) is 0 Å². The Morgan fingerprint density at radius 3 is 2.00 bits per heavy atom. The molecule has 0 aliphatic rings. The minimum atomic E-state index is 0.831. The fourth-order valence-electron chi connectivity index (χ4n) is 1.84. The summed E-state index contributed by atoms with van der Waals surface area (Å²) in [5.41, 5.74) is 0. The number of rotatable bonds is 7. The summed E-state index contributed by atoms with van der Waals surface area (Å²) in [5, 5.41) is 0. The van der Waals surface area contributed by atoms with E-state index in [0.717, 1.165) is 24.2 Å². The summed E-state index contributed by atoms with van der Waals surface area (Å²) in [7, 11) is 0. The van der Waals surface area contributed by atoms with E-state index in [0.29, 0.717) is 0 Å². The van der Waals surface area contributed by atoms with E-state index in [1.165, 1.54) is 25.7 Å². The van der Waals surface area contributed by atoms with Crippen LogP contribution in [-0.4, -0.2) is 0 Å². The van der Waals surface area contributed by atoms with E-state index in [1.54, 1.807) is 0 Å². The summed E-state index contributed by atoms with van der Waals surface area (Å²) in [6, 6.07) is 0. The maximum atomic E-state index is 3.16. The van der Waals surface area contributed by atoms with Gasteiger partial charge in [0.05, 0.1) is 0 Å². The normalized spacial score (nSPS) is 14.5. The van der Waals surface area contributed by atoms with Gasteiger partial charge in [-0.3, -0.25) is 0 Å². The van der Waals surface area contributed by atoms with Crippen LogP contribution in [0.3, 0.4) is 0 Å². The van der Waals surface area contributed by atoms with Crippen LogP contribution in [0.2, 0.25) is 0 Å². The van der Waals surface area contributed by atoms with Crippen LogP contribution in [0.4, 0.5) is 0 Å². The third-order valence-electron chi connectivity index (χ3n) is 3.31. The molecule has 2 atom stereocenters. The molecule has 0 aromatic rings. The molecule has 0 nitrogen and oxygen atoms in total. The molecule has 2 unspecified atom stereocenters. The van der Waals surface area contributed by atoms with Gasteiger partial charge in [-0.2, -0.15) is 0 Å². The summed E-state index contributed by atoms with van der Waals surface area (Å²) in [4.78, 5) is 0. The van der Waals surface area contributed by atoms with Crippen LogP contribution in [0, 0.1) is 29.6 Å². The van der Waals surface area contributed by atoms with E-state index in [1.807, 2.05) is 6.92 Å². The van der Waals surface area contributed by atoms with E-state index in [9.17, 15) is 0 Å². The van der Waals surface area contributed by atoms with Crippen molar-refractivity contribution in [3.05, 3.63) is 0 Å². The predicted octanol–water partition coefficient (Wildman–Crippen LogP) is 4.89. The van der Waals surface area contributed by atoms with Gasteiger partial charge in [0, 0.05) is 6.42 Å². The number of hydrogen-bond acceptors (Lipinski definition) is 0. The fourth-order valence-corrected chi connectivity index (χ4v) is 1.84. The molecule has 0 aromatic carbocycles. The Balaban J connectivity index is 3.57. The number of hydrogen-bond donors (Lipinski definition) is 0. The second-order valence-electron chi connectivity index (χ2n) is 5.24. The third kappa shape index (κ3) is 8.55. The molecule has 0 saturated heterocycles. The SMILES string of the molecule is CC#CCCC(C)C(C)CCCC(C)C. The zero-order chi connectivity index (χ0) is 11.7. The van der Waals surface area contributed by atoms with Crippen molar-refractivity contribution in [2.24, 2.45) is 17.8 Å². The summed E-state index contributed by atoms with van der Waals surface area (Å²) in [6.45, 7) is 11.3. The van der Waals surface area contributed by atoms with Gasteiger partial charge in [0.1, 0.15) is 0 Å². The van der Waals surface area contributed by atoms with Crippen molar-refractivity contribution in [1.82, 2.24) is 0 Å². The van der Waals surface area contributed by atoms with Crippen LogP contribution in [0.15, 0.2) is 0 Å². The largest absolute Gasteiger partial charge is 0.107 e. The first-order valence-corrected chi connectivity index (χ1v) is 6.47. The van der Waals surface area contributed by atoms with Crippen LogP contribution in [-0.2, 0) is 0 Å². The van der Waals surface area contributed by atoms with E-state index < -0.39 is 0 Å². The lowest BCUT2D eigenvalue weighted by Gasteiger charge is -2.19. The molecule has 0 saturated carbocycles. The minimum absolute atomic E-state index is 0.831. The van der Waals surface area contributed by atoms with Crippen molar-refractivity contribution in [2.45, 2.75) is 66.7 Å². The van der Waals surface area contributed by atoms with E-state index in [4.69, 9.17) is 0 Å². The molecule has 0 heterocycles. The molecule has 0 radical (unpaired) electrons. The Morgan fingerprint density at radius 2 is 1.47 bits per heavy atom. The Morgan fingerprint density at radius 1 is 0.867 bits per heavy atom. The molecule has 0 bridgehead atoms. The van der Waals surface area contributed by atoms with E-state index in [2.05, 4.69) is 39.5 Å². The first-order valence-electron chi connectivity index (χ1n) is 6.47. The lowest BCUT2D eigenvalue weighted by molar-refractivity contribution is 0.330. The minimum Gasteiger partial charge on any atom is -0.107 e. The highest BCUT2D eigenvalue weighted by atomic mass is 14.2. The molecular formula is C15H28. The smallest absolute Gasteiger partial charge is 0.00912 e. The summed E-state index contributed by atoms with van der Waals surface area (Å²) < 4.78 is 0. The summed E-state index contributed by atoms with van der Waals surface area (Å²) in [5.74, 6) is 8.68. The van der Waals surface area contributed by atoms with Crippen molar-refractivity contribution >= 4 is 0 Å². The van der Waals surface area contributed by atoms with Gasteiger partial charge < -0.3 is 0 Å². The molecule has 0 spiro atoms. The van der Waals surface area contributed by atoms with Gasteiger partial charge in [-0.1, -0.05) is 47.0 Å². The van der Waals surface area contributed by atoms with Crippen LogP contribution < -0.4 is 0 Å². The molecule has 0 N–H and O–H groups in total. The predicted molar refractivity (Wildman–Crippen MR) is 69.7 cm³/mol. The average Bonchev–Trinajstić information content (AvgIpc) is 2.17. The quantitative estimate of drug-likeness (QED) is 0.523. The first kappa shape index (κ1) is 14.6. The van der Waals surface area contributed by atoms with Crippen LogP contribution in [0.5, 0.6) is 0 Å². The molecule has 0 fully saturated rings. The van der Waals surface area contributed by atoms with Crippen LogP contribution in [0.1, 0.15) is 66.7 Å². The van der Waals surface area contributed by atoms with E-state index >= 15 is 0 Å². The lowest BCUT2D eigenvalue weighted by Crippen LogP contribution is -2.08.